The van der Waals surface area contributed by atoms with Gasteiger partial charge in [0.05, 0.1) is 10.7 Å². The third kappa shape index (κ3) is 2.82. The van der Waals surface area contributed by atoms with E-state index in [9.17, 15) is 8.42 Å². The van der Waals surface area contributed by atoms with E-state index in [1.165, 1.54) is 19.2 Å². The lowest BCUT2D eigenvalue weighted by atomic mass is 10.3. The summed E-state index contributed by atoms with van der Waals surface area (Å²) in [6.45, 7) is 0. The molecule has 0 fully saturated rings. The van der Waals surface area contributed by atoms with E-state index >= 15 is 0 Å². The molecular formula is C9H9BrClN5O2S. The van der Waals surface area contributed by atoms with Crippen LogP contribution >= 0.6 is 27.5 Å². The van der Waals surface area contributed by atoms with E-state index in [4.69, 9.17) is 17.3 Å². The molecule has 10 heteroatoms. The van der Waals surface area contributed by atoms with Crippen molar-refractivity contribution in [3.8, 4) is 0 Å². The summed E-state index contributed by atoms with van der Waals surface area (Å²) in [4.78, 5) is 0. The van der Waals surface area contributed by atoms with Gasteiger partial charge < -0.3 is 5.73 Å². The predicted octanol–water partition coefficient (Wildman–Crippen LogP) is 1.61. The molecule has 3 N–H and O–H groups in total. The topological polar surface area (TPSA) is 103 Å². The predicted molar refractivity (Wildman–Crippen MR) is 75.4 cm³/mol. The van der Waals surface area contributed by atoms with Crippen LogP contribution in [0, 0.1) is 0 Å². The molecule has 0 atom stereocenters. The van der Waals surface area contributed by atoms with Crippen LogP contribution in [-0.4, -0.2) is 23.4 Å². The Bertz CT molecular complexity index is 711. The van der Waals surface area contributed by atoms with Crippen LogP contribution in [0.25, 0.3) is 0 Å². The Morgan fingerprint density at radius 1 is 1.47 bits per heavy atom. The van der Waals surface area contributed by atoms with E-state index in [-0.39, 0.29) is 20.3 Å². The van der Waals surface area contributed by atoms with Gasteiger partial charge in [0.25, 0.3) is 10.0 Å². The van der Waals surface area contributed by atoms with Crippen molar-refractivity contribution in [3.05, 3.63) is 27.8 Å². The third-order valence-electron chi connectivity index (χ3n) is 2.23. The quantitative estimate of drug-likeness (QED) is 0.803. The number of nitrogens with zero attached hydrogens (tertiary/aromatic N) is 3. The molecule has 1 heterocycles. The van der Waals surface area contributed by atoms with Gasteiger partial charge in [-0.15, -0.1) is 5.10 Å². The molecule has 1 aromatic carbocycles. The molecule has 0 aliphatic heterocycles. The lowest BCUT2D eigenvalue weighted by Gasteiger charge is -2.09. The molecule has 0 aliphatic carbocycles. The molecule has 19 heavy (non-hydrogen) atoms. The minimum Gasteiger partial charge on any atom is -0.399 e. The van der Waals surface area contributed by atoms with Gasteiger partial charge >= 0.3 is 0 Å². The summed E-state index contributed by atoms with van der Waals surface area (Å²) in [7, 11) is -2.38. The summed E-state index contributed by atoms with van der Waals surface area (Å²) in [6, 6.07) is 4.48. The van der Waals surface area contributed by atoms with Gasteiger partial charge in [-0.25, -0.2) is 4.68 Å². The van der Waals surface area contributed by atoms with Crippen molar-refractivity contribution in [1.82, 2.24) is 15.0 Å². The molecule has 2 rings (SSSR count). The van der Waals surface area contributed by atoms with Gasteiger partial charge in [-0.05, 0) is 34.1 Å². The number of benzene rings is 1. The average molecular weight is 367 g/mol. The second-order valence-electron chi connectivity index (χ2n) is 3.65. The monoisotopic (exact) mass is 365 g/mol. The van der Waals surface area contributed by atoms with Crippen LogP contribution < -0.4 is 10.5 Å². The summed E-state index contributed by atoms with van der Waals surface area (Å²) in [5, 5.41) is 7.33. The Morgan fingerprint density at radius 2 is 2.16 bits per heavy atom. The van der Waals surface area contributed by atoms with E-state index in [1.54, 1.807) is 6.07 Å². The molecular weight excluding hydrogens is 358 g/mol. The van der Waals surface area contributed by atoms with Crippen molar-refractivity contribution >= 4 is 48.9 Å². The van der Waals surface area contributed by atoms with Crippen LogP contribution in [0.15, 0.2) is 27.8 Å². The molecule has 0 unspecified atom stereocenters. The Kier molecular flexibility index (Phi) is 3.70. The molecule has 0 saturated heterocycles. The van der Waals surface area contributed by atoms with Crippen LogP contribution in [0.2, 0.25) is 5.02 Å². The van der Waals surface area contributed by atoms with Gasteiger partial charge in [0.2, 0.25) is 5.03 Å². The molecule has 0 saturated carbocycles. The SMILES string of the molecule is Cn1nnc(Br)c1S(=O)(=O)Nc1ccc(N)cc1Cl. The maximum atomic E-state index is 12.2. The molecule has 102 valence electrons. The maximum Gasteiger partial charge on any atom is 0.281 e. The highest BCUT2D eigenvalue weighted by Crippen LogP contribution is 2.27. The van der Waals surface area contributed by atoms with Crippen molar-refractivity contribution in [1.29, 1.82) is 0 Å². The molecule has 0 amide bonds. The summed E-state index contributed by atoms with van der Waals surface area (Å²) in [5.74, 6) is 0. The number of rotatable bonds is 3. The number of hydrogen-bond acceptors (Lipinski definition) is 5. The van der Waals surface area contributed by atoms with Gasteiger partial charge in [0.15, 0.2) is 4.60 Å². The molecule has 0 aliphatic rings. The summed E-state index contributed by atoms with van der Waals surface area (Å²) >= 11 is 8.95. The first-order chi connectivity index (χ1) is 8.81. The van der Waals surface area contributed by atoms with Gasteiger partial charge in [-0.2, -0.15) is 8.42 Å². The van der Waals surface area contributed by atoms with E-state index in [2.05, 4.69) is 31.0 Å². The van der Waals surface area contributed by atoms with Gasteiger partial charge in [-0.3, -0.25) is 4.72 Å². The number of aromatic nitrogens is 3. The number of nitrogens with two attached hydrogens (primary N) is 1. The Labute approximate surface area is 122 Å². The minimum absolute atomic E-state index is 0.0969. The van der Waals surface area contributed by atoms with E-state index < -0.39 is 10.0 Å². The first-order valence-electron chi connectivity index (χ1n) is 4.94. The van der Waals surface area contributed by atoms with E-state index in [0.717, 1.165) is 4.68 Å². The smallest absolute Gasteiger partial charge is 0.281 e. The summed E-state index contributed by atoms with van der Waals surface area (Å²) in [5.41, 5.74) is 6.21. The number of aryl methyl sites for hydroxylation is 1. The fourth-order valence-corrected chi connectivity index (χ4v) is 3.89. The lowest BCUT2D eigenvalue weighted by molar-refractivity contribution is 0.578. The van der Waals surface area contributed by atoms with Crippen LogP contribution in [0.5, 0.6) is 0 Å². The molecule has 7 nitrogen and oxygen atoms in total. The van der Waals surface area contributed by atoms with Crippen LogP contribution in [0.1, 0.15) is 0 Å². The average Bonchev–Trinajstić information content (AvgIpc) is 2.63. The Hall–Kier alpha value is -1.32. The molecule has 0 spiro atoms. The number of anilines is 2. The van der Waals surface area contributed by atoms with Crippen molar-refractivity contribution in [3.63, 3.8) is 0 Å². The van der Waals surface area contributed by atoms with E-state index in [1.807, 2.05) is 0 Å². The zero-order valence-corrected chi connectivity index (χ0v) is 12.8. The molecule has 2 aromatic rings. The number of nitrogens with one attached hydrogen (secondary N) is 1. The van der Waals surface area contributed by atoms with Crippen LogP contribution in [0.3, 0.4) is 0 Å². The van der Waals surface area contributed by atoms with Gasteiger partial charge in [0, 0.05) is 12.7 Å². The zero-order chi connectivity index (χ0) is 14.2. The van der Waals surface area contributed by atoms with Crippen molar-refractivity contribution in [2.24, 2.45) is 7.05 Å². The Morgan fingerprint density at radius 3 is 2.68 bits per heavy atom. The maximum absolute atomic E-state index is 12.2. The summed E-state index contributed by atoms with van der Waals surface area (Å²) in [6.07, 6.45) is 0. The second kappa shape index (κ2) is 4.99. The largest absolute Gasteiger partial charge is 0.399 e. The zero-order valence-electron chi connectivity index (χ0n) is 9.63. The number of hydrogen-bond donors (Lipinski definition) is 2. The van der Waals surface area contributed by atoms with Crippen molar-refractivity contribution in [2.45, 2.75) is 5.03 Å². The molecule has 0 radical (unpaired) electrons. The third-order valence-corrected chi connectivity index (χ3v) is 4.79. The Balaban J connectivity index is 2.42. The summed E-state index contributed by atoms with van der Waals surface area (Å²) < 4.78 is 28.0. The van der Waals surface area contributed by atoms with Gasteiger partial charge in [0.1, 0.15) is 0 Å². The number of sulfonamides is 1. The standard InChI is InChI=1S/C9H9BrClN5O2S/c1-16-9(8(10)13-15-16)19(17,18)14-7-3-2-5(12)4-6(7)11/h2-4,14H,12H2,1H3. The van der Waals surface area contributed by atoms with Crippen molar-refractivity contribution in [2.75, 3.05) is 10.5 Å². The highest BCUT2D eigenvalue weighted by Gasteiger charge is 2.24. The molecule has 0 bridgehead atoms. The van der Waals surface area contributed by atoms with Crippen molar-refractivity contribution < 1.29 is 8.42 Å². The normalized spacial score (nSPS) is 11.5. The first kappa shape index (κ1) is 14.1. The lowest BCUT2D eigenvalue weighted by Crippen LogP contribution is -2.17. The number of nitrogen functional groups attached to an aromatic ring is 1. The minimum atomic E-state index is -3.85. The fraction of sp³-hybridized carbons (Fsp3) is 0.111. The molecule has 1 aromatic heterocycles. The fourth-order valence-electron chi connectivity index (χ4n) is 1.42. The van der Waals surface area contributed by atoms with Crippen LogP contribution in [0.4, 0.5) is 11.4 Å². The van der Waals surface area contributed by atoms with E-state index in [0.29, 0.717) is 5.69 Å². The first-order valence-corrected chi connectivity index (χ1v) is 7.59. The van der Waals surface area contributed by atoms with Gasteiger partial charge in [-0.1, -0.05) is 16.8 Å². The second-order valence-corrected chi connectivity index (χ2v) is 6.41. The number of halogens is 2. The highest BCUT2D eigenvalue weighted by molar-refractivity contribution is 9.10. The highest BCUT2D eigenvalue weighted by atomic mass is 79.9. The van der Waals surface area contributed by atoms with Crippen LogP contribution in [-0.2, 0) is 17.1 Å².